The van der Waals surface area contributed by atoms with Gasteiger partial charge in [0.1, 0.15) is 24.0 Å². The van der Waals surface area contributed by atoms with E-state index < -0.39 is 23.8 Å². The van der Waals surface area contributed by atoms with Crippen molar-refractivity contribution < 1.29 is 23.8 Å². The zero-order chi connectivity index (χ0) is 20.9. The van der Waals surface area contributed by atoms with Crippen molar-refractivity contribution in [2.24, 2.45) is 0 Å². The van der Waals surface area contributed by atoms with Crippen molar-refractivity contribution in [3.8, 4) is 5.75 Å². The summed E-state index contributed by atoms with van der Waals surface area (Å²) in [6.07, 6.45) is -0.196. The van der Waals surface area contributed by atoms with Gasteiger partial charge in [-0.25, -0.2) is 9.59 Å². The van der Waals surface area contributed by atoms with Crippen molar-refractivity contribution in [2.45, 2.75) is 51.4 Å². The molecule has 1 N–H and O–H groups in total. The molecule has 1 aliphatic rings. The Labute approximate surface area is 171 Å². The average molecular weight is 397 g/mol. The highest BCUT2D eigenvalue weighted by Crippen LogP contribution is 2.30. The molecular weight excluding hydrogens is 370 g/mol. The molecule has 2 aromatic rings. The molecule has 0 radical (unpaired) electrons. The fraction of sp³-hybridized carbons (Fsp3) is 0.391. The Hall–Kier alpha value is -2.86. The third-order valence-corrected chi connectivity index (χ3v) is 4.61. The van der Waals surface area contributed by atoms with Crippen LogP contribution in [0.15, 0.2) is 54.6 Å². The maximum absolute atomic E-state index is 12.4. The summed E-state index contributed by atoms with van der Waals surface area (Å²) in [4.78, 5) is 24.2. The quantitative estimate of drug-likeness (QED) is 0.602. The van der Waals surface area contributed by atoms with Crippen LogP contribution >= 0.6 is 0 Å². The summed E-state index contributed by atoms with van der Waals surface area (Å²) >= 11 is 0. The van der Waals surface area contributed by atoms with Crippen LogP contribution in [-0.4, -0.2) is 30.3 Å². The lowest BCUT2D eigenvalue weighted by Gasteiger charge is -2.21. The molecule has 29 heavy (non-hydrogen) atoms. The molecule has 0 spiro atoms. The smallest absolute Gasteiger partial charge is 0.489 e. The van der Waals surface area contributed by atoms with Crippen LogP contribution in [0.4, 0.5) is 4.79 Å². The highest BCUT2D eigenvalue weighted by Gasteiger charge is 2.36. The standard InChI is InChI=1S/C23H27NO5/c1-23(2,3)29-22(26)28-21(25)20-19(13-14-24-20)17-9-11-18(12-10-17)27-15-16-7-5-4-6-8-16/h4-12,19-20,24H,13-15H2,1-3H3/t19-,20+/m1/s1. The third-order valence-electron chi connectivity index (χ3n) is 4.61. The van der Waals surface area contributed by atoms with Crippen molar-refractivity contribution in [3.05, 3.63) is 65.7 Å². The highest BCUT2D eigenvalue weighted by molar-refractivity contribution is 5.86. The fourth-order valence-corrected chi connectivity index (χ4v) is 3.28. The lowest BCUT2D eigenvalue weighted by molar-refractivity contribution is -0.143. The Kier molecular flexibility index (Phi) is 6.54. The molecule has 1 heterocycles. The minimum Gasteiger partial charge on any atom is -0.489 e. The topological polar surface area (TPSA) is 73.9 Å². The minimum absolute atomic E-state index is 0.0758. The normalized spacial score (nSPS) is 18.9. The predicted molar refractivity (Wildman–Crippen MR) is 109 cm³/mol. The van der Waals surface area contributed by atoms with E-state index in [0.717, 1.165) is 23.3 Å². The van der Waals surface area contributed by atoms with Crippen molar-refractivity contribution in [1.29, 1.82) is 0 Å². The van der Waals surface area contributed by atoms with E-state index in [9.17, 15) is 9.59 Å². The van der Waals surface area contributed by atoms with Crippen LogP contribution in [0.25, 0.3) is 0 Å². The summed E-state index contributed by atoms with van der Waals surface area (Å²) in [6, 6.07) is 17.1. The first kappa shape index (κ1) is 20.9. The van der Waals surface area contributed by atoms with Gasteiger partial charge in [0.2, 0.25) is 0 Å². The monoisotopic (exact) mass is 397 g/mol. The van der Waals surface area contributed by atoms with Crippen molar-refractivity contribution >= 4 is 12.1 Å². The molecule has 0 unspecified atom stereocenters. The van der Waals surface area contributed by atoms with Crippen LogP contribution in [0.5, 0.6) is 5.75 Å². The SMILES string of the molecule is CC(C)(C)OC(=O)OC(=O)[C@H]1NCC[C@@H]1c1ccc(OCc2ccccc2)cc1. The zero-order valence-corrected chi connectivity index (χ0v) is 17.0. The number of carbonyl (C=O) groups excluding carboxylic acids is 2. The summed E-state index contributed by atoms with van der Waals surface area (Å²) in [6.45, 7) is 6.32. The number of hydrogen-bond acceptors (Lipinski definition) is 6. The van der Waals surface area contributed by atoms with E-state index >= 15 is 0 Å². The predicted octanol–water partition coefficient (Wildman–Crippen LogP) is 4.19. The summed E-state index contributed by atoms with van der Waals surface area (Å²) in [5.74, 6) is 0.0655. The van der Waals surface area contributed by atoms with E-state index in [0.29, 0.717) is 13.2 Å². The van der Waals surface area contributed by atoms with Crippen LogP contribution in [0.3, 0.4) is 0 Å². The maximum Gasteiger partial charge on any atom is 0.516 e. The second kappa shape index (κ2) is 9.09. The first-order valence-corrected chi connectivity index (χ1v) is 9.76. The molecule has 1 saturated heterocycles. The van der Waals surface area contributed by atoms with E-state index in [2.05, 4.69) is 5.32 Å². The maximum atomic E-state index is 12.4. The van der Waals surface area contributed by atoms with Gasteiger partial charge in [-0.1, -0.05) is 42.5 Å². The number of carbonyl (C=O) groups is 2. The Bertz CT molecular complexity index is 827. The number of hydrogen-bond donors (Lipinski definition) is 1. The Morgan fingerprint density at radius 3 is 2.38 bits per heavy atom. The lowest BCUT2D eigenvalue weighted by atomic mass is 9.92. The molecule has 0 aliphatic carbocycles. The van der Waals surface area contributed by atoms with Crippen molar-refractivity contribution in [3.63, 3.8) is 0 Å². The fourth-order valence-electron chi connectivity index (χ4n) is 3.28. The molecule has 2 aromatic carbocycles. The summed E-state index contributed by atoms with van der Waals surface area (Å²) in [5, 5.41) is 3.12. The molecule has 0 amide bonds. The van der Waals surface area contributed by atoms with Gasteiger partial charge in [0.15, 0.2) is 0 Å². The first-order valence-electron chi connectivity index (χ1n) is 9.76. The largest absolute Gasteiger partial charge is 0.516 e. The van der Waals surface area contributed by atoms with Gasteiger partial charge in [0, 0.05) is 5.92 Å². The van der Waals surface area contributed by atoms with Gasteiger partial charge >= 0.3 is 12.1 Å². The van der Waals surface area contributed by atoms with Crippen molar-refractivity contribution in [1.82, 2.24) is 5.32 Å². The highest BCUT2D eigenvalue weighted by atomic mass is 16.7. The van der Waals surface area contributed by atoms with Crippen LogP contribution in [0, 0.1) is 0 Å². The van der Waals surface area contributed by atoms with E-state index in [-0.39, 0.29) is 5.92 Å². The molecule has 0 bridgehead atoms. The number of ether oxygens (including phenoxy) is 3. The molecule has 154 valence electrons. The van der Waals surface area contributed by atoms with Crippen LogP contribution in [0.2, 0.25) is 0 Å². The molecule has 6 nitrogen and oxygen atoms in total. The molecule has 2 atom stereocenters. The first-order chi connectivity index (χ1) is 13.8. The average Bonchev–Trinajstić information content (AvgIpc) is 3.16. The van der Waals surface area contributed by atoms with E-state index in [4.69, 9.17) is 14.2 Å². The number of nitrogens with one attached hydrogen (secondary N) is 1. The second-order valence-corrected chi connectivity index (χ2v) is 8.06. The van der Waals surface area contributed by atoms with Crippen molar-refractivity contribution in [2.75, 3.05) is 6.54 Å². The molecular formula is C23H27NO5. The van der Waals surface area contributed by atoms with E-state index in [1.165, 1.54) is 0 Å². The molecule has 0 aromatic heterocycles. The lowest BCUT2D eigenvalue weighted by Crippen LogP contribution is -2.38. The molecule has 0 saturated carbocycles. The Morgan fingerprint density at radius 2 is 1.72 bits per heavy atom. The minimum atomic E-state index is -0.973. The van der Waals surface area contributed by atoms with Crippen LogP contribution < -0.4 is 10.1 Å². The van der Waals surface area contributed by atoms with Gasteiger partial charge in [0.25, 0.3) is 0 Å². The van der Waals surface area contributed by atoms with E-state index in [1.54, 1.807) is 20.8 Å². The van der Waals surface area contributed by atoms with Gasteiger partial charge in [-0.2, -0.15) is 0 Å². The number of esters is 1. The molecule has 1 fully saturated rings. The summed E-state index contributed by atoms with van der Waals surface area (Å²) in [5.41, 5.74) is 1.38. The second-order valence-electron chi connectivity index (χ2n) is 8.06. The Balaban J connectivity index is 1.58. The third kappa shape index (κ3) is 6.06. The van der Waals surface area contributed by atoms with Crippen LogP contribution in [-0.2, 0) is 20.9 Å². The van der Waals surface area contributed by atoms with Gasteiger partial charge < -0.3 is 19.5 Å². The van der Waals surface area contributed by atoms with Crippen LogP contribution in [0.1, 0.15) is 44.2 Å². The Morgan fingerprint density at radius 1 is 1.03 bits per heavy atom. The summed E-state index contributed by atoms with van der Waals surface area (Å²) in [7, 11) is 0. The van der Waals surface area contributed by atoms with Gasteiger partial charge in [-0.3, -0.25) is 0 Å². The summed E-state index contributed by atoms with van der Waals surface area (Å²) < 4.78 is 15.8. The van der Waals surface area contributed by atoms with Gasteiger partial charge in [-0.05, 0) is 57.0 Å². The van der Waals surface area contributed by atoms with Gasteiger partial charge in [-0.15, -0.1) is 0 Å². The zero-order valence-electron chi connectivity index (χ0n) is 17.0. The molecule has 1 aliphatic heterocycles. The van der Waals surface area contributed by atoms with Gasteiger partial charge in [0.05, 0.1) is 0 Å². The number of benzene rings is 2. The van der Waals surface area contributed by atoms with E-state index in [1.807, 2.05) is 54.6 Å². The molecule has 3 rings (SSSR count). The number of rotatable bonds is 5. The molecule has 6 heteroatoms.